The summed E-state index contributed by atoms with van der Waals surface area (Å²) in [6.45, 7) is 2.16. The van der Waals surface area contributed by atoms with E-state index < -0.39 is 5.91 Å². The third-order valence-electron chi connectivity index (χ3n) is 2.58. The van der Waals surface area contributed by atoms with Gasteiger partial charge in [-0.3, -0.25) is 4.79 Å². The first-order chi connectivity index (χ1) is 9.47. The lowest BCUT2D eigenvalue weighted by molar-refractivity contribution is -0.119. The molecule has 1 rings (SSSR count). The number of hydrogen-bond acceptors (Lipinski definition) is 5. The fourth-order valence-electron chi connectivity index (χ4n) is 1.52. The molecule has 0 aromatic heterocycles. The van der Waals surface area contributed by atoms with Gasteiger partial charge in [-0.2, -0.15) is 0 Å². The van der Waals surface area contributed by atoms with Gasteiger partial charge in [-0.15, -0.1) is 0 Å². The first-order valence-corrected chi connectivity index (χ1v) is 6.47. The minimum Gasteiger partial charge on any atom is -0.493 e. The van der Waals surface area contributed by atoms with Crippen molar-refractivity contribution in [3.05, 3.63) is 22.7 Å². The van der Waals surface area contributed by atoms with Crippen LogP contribution in [0.4, 0.5) is 0 Å². The smallest absolute Gasteiger partial charge is 0.255 e. The summed E-state index contributed by atoms with van der Waals surface area (Å²) in [5, 5.41) is 12.4. The zero-order valence-corrected chi connectivity index (χ0v) is 12.2. The van der Waals surface area contributed by atoms with E-state index >= 15 is 0 Å². The normalized spacial score (nSPS) is 12.0. The standard InChI is InChI=1S/C13H19ClN2O4/c1-8(6-17)16-5-9-3-10(14)13(11(4-9)19-2)20-7-12(15)18/h3-4,8,16-17H,5-7H2,1-2H3,(H2,15,18)/t8-/m1/s1. The average Bonchev–Trinajstić information content (AvgIpc) is 2.42. The number of halogens is 1. The predicted octanol–water partition coefficient (Wildman–Crippen LogP) is 0.683. The van der Waals surface area contributed by atoms with Gasteiger partial charge in [-0.05, 0) is 24.6 Å². The Morgan fingerprint density at radius 3 is 2.80 bits per heavy atom. The number of amides is 1. The van der Waals surface area contributed by atoms with E-state index in [2.05, 4.69) is 5.32 Å². The number of nitrogens with two attached hydrogens (primary N) is 1. The Bertz CT molecular complexity index is 468. The van der Waals surface area contributed by atoms with Crippen LogP contribution in [0.1, 0.15) is 12.5 Å². The topological polar surface area (TPSA) is 93.8 Å². The highest BCUT2D eigenvalue weighted by molar-refractivity contribution is 6.32. The van der Waals surface area contributed by atoms with Gasteiger partial charge in [0, 0.05) is 12.6 Å². The molecular formula is C13H19ClN2O4. The highest BCUT2D eigenvalue weighted by atomic mass is 35.5. The van der Waals surface area contributed by atoms with Crippen molar-refractivity contribution in [2.45, 2.75) is 19.5 Å². The van der Waals surface area contributed by atoms with Gasteiger partial charge in [0.1, 0.15) is 0 Å². The number of aliphatic hydroxyl groups excluding tert-OH is 1. The summed E-state index contributed by atoms with van der Waals surface area (Å²) in [6, 6.07) is 3.43. The molecule has 112 valence electrons. The van der Waals surface area contributed by atoms with E-state index in [9.17, 15) is 4.79 Å². The minimum atomic E-state index is -0.592. The second-order valence-corrected chi connectivity index (χ2v) is 4.74. The van der Waals surface area contributed by atoms with Crippen molar-refractivity contribution in [3.8, 4) is 11.5 Å². The average molecular weight is 303 g/mol. The number of methoxy groups -OCH3 is 1. The fraction of sp³-hybridized carbons (Fsp3) is 0.462. The van der Waals surface area contributed by atoms with E-state index in [0.717, 1.165) is 5.56 Å². The number of benzene rings is 1. The largest absolute Gasteiger partial charge is 0.493 e. The quantitative estimate of drug-likeness (QED) is 0.656. The van der Waals surface area contributed by atoms with E-state index in [1.54, 1.807) is 12.1 Å². The summed E-state index contributed by atoms with van der Waals surface area (Å²) in [5.41, 5.74) is 5.90. The summed E-state index contributed by atoms with van der Waals surface area (Å²) >= 11 is 6.11. The highest BCUT2D eigenvalue weighted by Crippen LogP contribution is 2.36. The molecule has 0 saturated carbocycles. The highest BCUT2D eigenvalue weighted by Gasteiger charge is 2.13. The van der Waals surface area contributed by atoms with Crippen LogP contribution in [0.25, 0.3) is 0 Å². The van der Waals surface area contributed by atoms with Crippen LogP contribution >= 0.6 is 11.6 Å². The summed E-state index contributed by atoms with van der Waals surface area (Å²) in [5.74, 6) is 0.116. The molecule has 0 spiro atoms. The third-order valence-corrected chi connectivity index (χ3v) is 2.86. The summed E-state index contributed by atoms with van der Waals surface area (Å²) < 4.78 is 10.4. The molecule has 0 heterocycles. The van der Waals surface area contributed by atoms with Crippen LogP contribution < -0.4 is 20.5 Å². The fourth-order valence-corrected chi connectivity index (χ4v) is 1.80. The van der Waals surface area contributed by atoms with E-state index in [4.69, 9.17) is 31.9 Å². The van der Waals surface area contributed by atoms with Gasteiger partial charge in [0.05, 0.1) is 18.7 Å². The van der Waals surface area contributed by atoms with Gasteiger partial charge in [0.25, 0.3) is 5.91 Å². The van der Waals surface area contributed by atoms with Crippen molar-refractivity contribution in [2.75, 3.05) is 20.3 Å². The molecule has 0 saturated heterocycles. The van der Waals surface area contributed by atoms with Crippen molar-refractivity contribution < 1.29 is 19.4 Å². The molecule has 1 aromatic rings. The predicted molar refractivity (Wildman–Crippen MR) is 76.1 cm³/mol. The lowest BCUT2D eigenvalue weighted by Crippen LogP contribution is -2.28. The summed E-state index contributed by atoms with van der Waals surface area (Å²) in [4.78, 5) is 10.7. The monoisotopic (exact) mass is 302 g/mol. The van der Waals surface area contributed by atoms with Crippen LogP contribution in [-0.4, -0.2) is 37.4 Å². The maximum atomic E-state index is 10.7. The number of ether oxygens (including phenoxy) is 2. The molecule has 1 aromatic carbocycles. The van der Waals surface area contributed by atoms with Gasteiger partial charge in [0.15, 0.2) is 18.1 Å². The molecule has 1 atom stereocenters. The van der Waals surface area contributed by atoms with Gasteiger partial charge < -0.3 is 25.6 Å². The zero-order valence-electron chi connectivity index (χ0n) is 11.5. The van der Waals surface area contributed by atoms with Crippen molar-refractivity contribution in [1.29, 1.82) is 0 Å². The Morgan fingerprint density at radius 1 is 1.55 bits per heavy atom. The zero-order chi connectivity index (χ0) is 15.1. The Hall–Kier alpha value is -1.50. The molecule has 20 heavy (non-hydrogen) atoms. The molecule has 6 nitrogen and oxygen atoms in total. The molecule has 0 aliphatic rings. The number of primary amides is 1. The number of hydrogen-bond donors (Lipinski definition) is 3. The van der Waals surface area contributed by atoms with E-state index in [0.29, 0.717) is 17.3 Å². The Balaban J connectivity index is 2.86. The second kappa shape index (κ2) is 7.94. The number of aliphatic hydroxyl groups is 1. The molecular weight excluding hydrogens is 284 g/mol. The van der Waals surface area contributed by atoms with Gasteiger partial charge in [-0.1, -0.05) is 11.6 Å². The molecule has 1 amide bonds. The Morgan fingerprint density at radius 2 is 2.25 bits per heavy atom. The second-order valence-electron chi connectivity index (χ2n) is 4.33. The number of carbonyl (C=O) groups excluding carboxylic acids is 1. The first-order valence-electron chi connectivity index (χ1n) is 6.09. The van der Waals surface area contributed by atoms with Crippen LogP contribution in [0.5, 0.6) is 11.5 Å². The van der Waals surface area contributed by atoms with Crippen LogP contribution in [0.3, 0.4) is 0 Å². The van der Waals surface area contributed by atoms with Gasteiger partial charge in [0.2, 0.25) is 0 Å². The summed E-state index contributed by atoms with van der Waals surface area (Å²) in [6.07, 6.45) is 0. The molecule has 0 aliphatic carbocycles. The molecule has 0 fully saturated rings. The van der Waals surface area contributed by atoms with Crippen molar-refractivity contribution >= 4 is 17.5 Å². The van der Waals surface area contributed by atoms with Crippen molar-refractivity contribution in [1.82, 2.24) is 5.32 Å². The maximum absolute atomic E-state index is 10.7. The molecule has 7 heteroatoms. The Labute approximate surface area is 122 Å². The third kappa shape index (κ3) is 4.88. The van der Waals surface area contributed by atoms with Crippen LogP contribution in [0, 0.1) is 0 Å². The SMILES string of the molecule is COc1cc(CN[C@H](C)CO)cc(Cl)c1OCC(N)=O. The number of rotatable bonds is 8. The van der Waals surface area contributed by atoms with E-state index in [-0.39, 0.29) is 25.0 Å². The van der Waals surface area contributed by atoms with E-state index in [1.807, 2.05) is 6.92 Å². The lowest BCUT2D eigenvalue weighted by atomic mass is 10.2. The van der Waals surface area contributed by atoms with E-state index in [1.165, 1.54) is 7.11 Å². The molecule has 0 aliphatic heterocycles. The first kappa shape index (κ1) is 16.6. The van der Waals surface area contributed by atoms with Gasteiger partial charge >= 0.3 is 0 Å². The maximum Gasteiger partial charge on any atom is 0.255 e. The Kier molecular flexibility index (Phi) is 6.57. The lowest BCUT2D eigenvalue weighted by Gasteiger charge is -2.15. The van der Waals surface area contributed by atoms with Crippen LogP contribution in [0.15, 0.2) is 12.1 Å². The van der Waals surface area contributed by atoms with Crippen LogP contribution in [-0.2, 0) is 11.3 Å². The molecule has 0 radical (unpaired) electrons. The minimum absolute atomic E-state index is 0.0226. The molecule has 0 bridgehead atoms. The van der Waals surface area contributed by atoms with Gasteiger partial charge in [-0.25, -0.2) is 0 Å². The number of nitrogens with one attached hydrogen (secondary N) is 1. The summed E-state index contributed by atoms with van der Waals surface area (Å²) in [7, 11) is 1.48. The van der Waals surface area contributed by atoms with Crippen molar-refractivity contribution in [2.24, 2.45) is 5.73 Å². The number of carbonyl (C=O) groups is 1. The molecule has 4 N–H and O–H groups in total. The molecule has 0 unspecified atom stereocenters. The van der Waals surface area contributed by atoms with Crippen molar-refractivity contribution in [3.63, 3.8) is 0 Å². The van der Waals surface area contributed by atoms with Crippen LogP contribution in [0.2, 0.25) is 5.02 Å².